The third kappa shape index (κ3) is 4.47. The minimum Gasteiger partial charge on any atom is -0.318 e. The van der Waals surface area contributed by atoms with E-state index in [1.165, 1.54) is 30.5 Å². The van der Waals surface area contributed by atoms with Gasteiger partial charge in [0, 0.05) is 34.1 Å². The van der Waals surface area contributed by atoms with Crippen molar-refractivity contribution in [2.24, 2.45) is 5.10 Å². The van der Waals surface area contributed by atoms with Gasteiger partial charge < -0.3 is 4.57 Å². The highest BCUT2D eigenvalue weighted by Gasteiger charge is 2.13. The smallest absolute Gasteiger partial charge is 0.272 e. The molecule has 0 fully saturated rings. The van der Waals surface area contributed by atoms with Crippen LogP contribution in [-0.4, -0.2) is 21.6 Å². The standard InChI is InChI=1S/C20H16Cl2N4O3/c1-12-8-14(11-23-24-20(27)18-7-6-15(21)9-19(18)22)13(2)25(12)16-4-3-5-17(10-16)26(28)29/h3-11H,1-2H3,(H,24,27)/b23-11-. The number of hydrazone groups is 1. The molecule has 0 atom stereocenters. The van der Waals surface area contributed by atoms with Crippen molar-refractivity contribution in [3.63, 3.8) is 0 Å². The Balaban J connectivity index is 1.82. The van der Waals surface area contributed by atoms with E-state index in [1.54, 1.807) is 18.2 Å². The van der Waals surface area contributed by atoms with Crippen LogP contribution in [0.25, 0.3) is 5.69 Å². The fourth-order valence-electron chi connectivity index (χ4n) is 2.96. The average Bonchev–Trinajstić information content (AvgIpc) is 2.95. The maximum Gasteiger partial charge on any atom is 0.272 e. The Morgan fingerprint density at radius 1 is 1.17 bits per heavy atom. The van der Waals surface area contributed by atoms with E-state index < -0.39 is 10.8 Å². The molecule has 0 unspecified atom stereocenters. The second-order valence-corrected chi connectivity index (χ2v) is 7.11. The minimum atomic E-state index is -0.463. The van der Waals surface area contributed by atoms with E-state index in [0.29, 0.717) is 10.7 Å². The highest BCUT2D eigenvalue weighted by molar-refractivity contribution is 6.36. The number of nitrogens with zero attached hydrogens (tertiary/aromatic N) is 3. The summed E-state index contributed by atoms with van der Waals surface area (Å²) in [4.78, 5) is 22.8. The van der Waals surface area contributed by atoms with Gasteiger partial charge in [-0.2, -0.15) is 5.10 Å². The highest BCUT2D eigenvalue weighted by atomic mass is 35.5. The van der Waals surface area contributed by atoms with Crippen LogP contribution in [0.5, 0.6) is 0 Å². The molecular weight excluding hydrogens is 415 g/mol. The second kappa shape index (κ2) is 8.46. The van der Waals surface area contributed by atoms with Gasteiger partial charge in [0.2, 0.25) is 0 Å². The lowest BCUT2D eigenvalue weighted by Gasteiger charge is -2.09. The third-order valence-corrected chi connectivity index (χ3v) is 4.86. The summed E-state index contributed by atoms with van der Waals surface area (Å²) in [6.07, 6.45) is 1.51. The Bertz CT molecular complexity index is 1140. The molecule has 7 nitrogen and oxygen atoms in total. The lowest BCUT2D eigenvalue weighted by Crippen LogP contribution is -2.18. The van der Waals surface area contributed by atoms with Crippen LogP contribution in [0.4, 0.5) is 5.69 Å². The molecule has 1 N–H and O–H groups in total. The van der Waals surface area contributed by atoms with Gasteiger partial charge in [0.15, 0.2) is 0 Å². The van der Waals surface area contributed by atoms with Crippen molar-refractivity contribution >= 4 is 41.0 Å². The number of hydrogen-bond acceptors (Lipinski definition) is 4. The van der Waals surface area contributed by atoms with Crippen molar-refractivity contribution < 1.29 is 9.72 Å². The van der Waals surface area contributed by atoms with Crippen LogP contribution in [0.1, 0.15) is 27.3 Å². The van der Waals surface area contributed by atoms with Crippen LogP contribution in [0, 0.1) is 24.0 Å². The van der Waals surface area contributed by atoms with Crippen molar-refractivity contribution in [2.75, 3.05) is 0 Å². The molecule has 148 valence electrons. The number of aromatic nitrogens is 1. The van der Waals surface area contributed by atoms with Gasteiger partial charge in [-0.05, 0) is 44.2 Å². The van der Waals surface area contributed by atoms with E-state index >= 15 is 0 Å². The zero-order chi connectivity index (χ0) is 21.1. The molecule has 0 aliphatic rings. The molecule has 0 aliphatic carbocycles. The van der Waals surface area contributed by atoms with Crippen LogP contribution in [0.2, 0.25) is 10.0 Å². The van der Waals surface area contributed by atoms with Gasteiger partial charge >= 0.3 is 0 Å². The number of nitrogens with one attached hydrogen (secondary N) is 1. The fourth-order valence-corrected chi connectivity index (χ4v) is 3.45. The molecule has 0 aliphatic heterocycles. The molecule has 0 saturated carbocycles. The maximum atomic E-state index is 12.2. The number of aryl methyl sites for hydroxylation is 1. The maximum absolute atomic E-state index is 12.2. The summed E-state index contributed by atoms with van der Waals surface area (Å²) in [5.74, 6) is -0.463. The molecule has 1 heterocycles. The number of non-ortho nitro benzene ring substituents is 1. The lowest BCUT2D eigenvalue weighted by atomic mass is 10.2. The van der Waals surface area contributed by atoms with E-state index in [2.05, 4.69) is 10.5 Å². The normalized spacial score (nSPS) is 11.0. The number of nitro benzene ring substituents is 1. The Morgan fingerprint density at radius 3 is 2.62 bits per heavy atom. The SMILES string of the molecule is Cc1cc(/C=N\NC(=O)c2ccc(Cl)cc2Cl)c(C)n1-c1cccc([N+](=O)[O-])c1. The van der Waals surface area contributed by atoms with Crippen molar-refractivity contribution in [1.82, 2.24) is 9.99 Å². The van der Waals surface area contributed by atoms with Crippen LogP contribution >= 0.6 is 23.2 Å². The van der Waals surface area contributed by atoms with E-state index in [0.717, 1.165) is 17.0 Å². The lowest BCUT2D eigenvalue weighted by molar-refractivity contribution is -0.384. The zero-order valence-electron chi connectivity index (χ0n) is 15.5. The number of carbonyl (C=O) groups is 1. The largest absolute Gasteiger partial charge is 0.318 e. The molecule has 0 radical (unpaired) electrons. The van der Waals surface area contributed by atoms with Crippen molar-refractivity contribution in [2.45, 2.75) is 13.8 Å². The molecule has 1 amide bonds. The number of rotatable bonds is 5. The van der Waals surface area contributed by atoms with Gasteiger partial charge in [-0.15, -0.1) is 0 Å². The highest BCUT2D eigenvalue weighted by Crippen LogP contribution is 2.23. The molecular formula is C20H16Cl2N4O3. The Kier molecular flexibility index (Phi) is 6.00. The molecule has 29 heavy (non-hydrogen) atoms. The summed E-state index contributed by atoms with van der Waals surface area (Å²) < 4.78 is 1.88. The first-order chi connectivity index (χ1) is 13.8. The molecule has 0 spiro atoms. The quantitative estimate of drug-likeness (QED) is 0.347. The van der Waals surface area contributed by atoms with Gasteiger partial charge in [0.25, 0.3) is 11.6 Å². The monoisotopic (exact) mass is 430 g/mol. The Hall–Kier alpha value is -3.16. The summed E-state index contributed by atoms with van der Waals surface area (Å²) in [5, 5.41) is 15.7. The van der Waals surface area contributed by atoms with Crippen LogP contribution in [0.15, 0.2) is 53.6 Å². The first-order valence-electron chi connectivity index (χ1n) is 8.50. The molecule has 0 bridgehead atoms. The van der Waals surface area contributed by atoms with Gasteiger partial charge in [-0.1, -0.05) is 29.3 Å². The second-order valence-electron chi connectivity index (χ2n) is 6.26. The first kappa shape index (κ1) is 20.6. The van der Waals surface area contributed by atoms with Crippen molar-refractivity contribution in [1.29, 1.82) is 0 Å². The molecule has 2 aromatic carbocycles. The summed E-state index contributed by atoms with van der Waals surface area (Å²) in [7, 11) is 0. The van der Waals surface area contributed by atoms with Crippen molar-refractivity contribution in [3.05, 3.63) is 91.2 Å². The van der Waals surface area contributed by atoms with E-state index in [-0.39, 0.29) is 16.3 Å². The zero-order valence-corrected chi connectivity index (χ0v) is 17.0. The number of hydrogen-bond donors (Lipinski definition) is 1. The van der Waals surface area contributed by atoms with Crippen LogP contribution in [0.3, 0.4) is 0 Å². The average molecular weight is 431 g/mol. The van der Waals surface area contributed by atoms with Crippen LogP contribution in [-0.2, 0) is 0 Å². The Morgan fingerprint density at radius 2 is 1.93 bits per heavy atom. The van der Waals surface area contributed by atoms with Gasteiger partial charge in [-0.25, -0.2) is 5.43 Å². The van der Waals surface area contributed by atoms with Crippen LogP contribution < -0.4 is 5.43 Å². The first-order valence-corrected chi connectivity index (χ1v) is 9.25. The number of carbonyl (C=O) groups excluding carboxylic acids is 1. The topological polar surface area (TPSA) is 89.5 Å². The number of halogens is 2. The molecule has 0 saturated heterocycles. The molecule has 1 aromatic heterocycles. The molecule has 3 aromatic rings. The summed E-state index contributed by atoms with van der Waals surface area (Å²) >= 11 is 11.9. The fraction of sp³-hybridized carbons (Fsp3) is 0.100. The summed E-state index contributed by atoms with van der Waals surface area (Å²) in [6, 6.07) is 12.8. The molecule has 3 rings (SSSR count). The Labute approximate surface area is 176 Å². The minimum absolute atomic E-state index is 0.0114. The van der Waals surface area contributed by atoms with Gasteiger partial charge in [0.05, 0.1) is 27.4 Å². The number of benzene rings is 2. The number of amides is 1. The molecule has 9 heteroatoms. The predicted octanol–water partition coefficient (Wildman–Crippen LogP) is 5.07. The van der Waals surface area contributed by atoms with Gasteiger partial charge in [0.1, 0.15) is 0 Å². The van der Waals surface area contributed by atoms with E-state index in [1.807, 2.05) is 24.5 Å². The third-order valence-electron chi connectivity index (χ3n) is 4.31. The summed E-state index contributed by atoms with van der Waals surface area (Å²) in [5.41, 5.74) is 5.83. The van der Waals surface area contributed by atoms with E-state index in [4.69, 9.17) is 23.2 Å². The number of nitro groups is 1. The van der Waals surface area contributed by atoms with Crippen molar-refractivity contribution in [3.8, 4) is 5.69 Å². The van der Waals surface area contributed by atoms with Gasteiger partial charge in [-0.3, -0.25) is 14.9 Å². The summed E-state index contributed by atoms with van der Waals surface area (Å²) in [6.45, 7) is 3.75. The van der Waals surface area contributed by atoms with E-state index in [9.17, 15) is 14.9 Å². The predicted molar refractivity (Wildman–Crippen MR) is 113 cm³/mol.